The minimum absolute atomic E-state index is 0.120. The van der Waals surface area contributed by atoms with E-state index in [0.717, 1.165) is 73.4 Å². The van der Waals surface area contributed by atoms with Crippen LogP contribution in [0.4, 0.5) is 0 Å². The number of hydrogen-bond donors (Lipinski definition) is 0. The average Bonchev–Trinajstić information content (AvgIpc) is 3.11. The third-order valence-electron chi connectivity index (χ3n) is 6.57. The predicted octanol–water partition coefficient (Wildman–Crippen LogP) is 5.74. The molecular formula is C26H33N3O2S. The molecule has 0 bridgehead atoms. The van der Waals surface area contributed by atoms with Crippen LogP contribution in [-0.2, 0) is 29.5 Å². The van der Waals surface area contributed by atoms with Gasteiger partial charge < -0.3 is 9.47 Å². The van der Waals surface area contributed by atoms with Crippen LogP contribution in [0.3, 0.4) is 0 Å². The van der Waals surface area contributed by atoms with E-state index in [2.05, 4.69) is 56.9 Å². The first-order valence-corrected chi connectivity index (χ1v) is 12.6. The number of ether oxygens (including phenoxy) is 2. The first-order chi connectivity index (χ1) is 15.4. The van der Waals surface area contributed by atoms with Gasteiger partial charge >= 0.3 is 0 Å². The summed E-state index contributed by atoms with van der Waals surface area (Å²) in [5.41, 5.74) is 2.82. The Labute approximate surface area is 194 Å². The molecule has 3 heterocycles. The lowest BCUT2D eigenvalue weighted by Gasteiger charge is -2.25. The highest BCUT2D eigenvalue weighted by molar-refractivity contribution is 7.18. The molecule has 0 N–H and O–H groups in total. The van der Waals surface area contributed by atoms with Gasteiger partial charge in [-0.15, -0.1) is 11.3 Å². The lowest BCUT2D eigenvalue weighted by Crippen LogP contribution is -2.36. The van der Waals surface area contributed by atoms with Gasteiger partial charge in [-0.05, 0) is 53.9 Å². The van der Waals surface area contributed by atoms with Gasteiger partial charge in [-0.2, -0.15) is 4.98 Å². The van der Waals surface area contributed by atoms with Gasteiger partial charge in [-0.25, -0.2) is 4.98 Å². The third-order valence-corrected chi connectivity index (χ3v) is 7.72. The normalized spacial score (nSPS) is 19.8. The van der Waals surface area contributed by atoms with Crippen LogP contribution < -0.4 is 4.74 Å². The third kappa shape index (κ3) is 4.54. The molecule has 1 atom stereocenters. The van der Waals surface area contributed by atoms with Crippen molar-refractivity contribution in [3.63, 3.8) is 0 Å². The van der Waals surface area contributed by atoms with Crippen molar-refractivity contribution in [3.8, 4) is 11.6 Å². The fourth-order valence-corrected chi connectivity index (χ4v) is 5.98. The maximum Gasteiger partial charge on any atom is 0.231 e. The zero-order valence-corrected chi connectivity index (χ0v) is 20.4. The van der Waals surface area contributed by atoms with E-state index in [1.54, 1.807) is 0 Å². The quantitative estimate of drug-likeness (QED) is 0.506. The largest absolute Gasteiger partial charge is 0.438 e. The van der Waals surface area contributed by atoms with E-state index in [1.165, 1.54) is 22.4 Å². The van der Waals surface area contributed by atoms with Crippen molar-refractivity contribution >= 4 is 21.6 Å². The summed E-state index contributed by atoms with van der Waals surface area (Å²) in [6.07, 6.45) is 3.44. The molecule has 0 spiro atoms. The van der Waals surface area contributed by atoms with E-state index >= 15 is 0 Å². The summed E-state index contributed by atoms with van der Waals surface area (Å²) < 4.78 is 12.0. The van der Waals surface area contributed by atoms with Gasteiger partial charge in [0.2, 0.25) is 5.88 Å². The molecule has 1 unspecified atom stereocenters. The Hall–Kier alpha value is -2.02. The maximum atomic E-state index is 6.45. The molecular weight excluding hydrogens is 418 g/mol. The molecule has 1 aliphatic heterocycles. The van der Waals surface area contributed by atoms with Crippen molar-refractivity contribution in [3.05, 3.63) is 46.1 Å². The molecule has 1 saturated heterocycles. The molecule has 1 aliphatic carbocycles. The van der Waals surface area contributed by atoms with Gasteiger partial charge in [0.25, 0.3) is 0 Å². The summed E-state index contributed by atoms with van der Waals surface area (Å²) in [6, 6.07) is 8.45. The lowest BCUT2D eigenvalue weighted by atomic mass is 9.87. The number of morpholine rings is 1. The van der Waals surface area contributed by atoms with Crippen LogP contribution in [0, 0.1) is 5.92 Å². The van der Waals surface area contributed by atoms with E-state index in [0.29, 0.717) is 5.88 Å². The van der Waals surface area contributed by atoms with E-state index in [4.69, 9.17) is 19.4 Å². The number of thiophene rings is 1. The fraction of sp³-hybridized carbons (Fsp3) is 0.538. The van der Waals surface area contributed by atoms with Gasteiger partial charge in [-0.1, -0.05) is 39.8 Å². The monoisotopic (exact) mass is 451 g/mol. The van der Waals surface area contributed by atoms with Gasteiger partial charge in [-0.3, -0.25) is 4.90 Å². The molecule has 5 nitrogen and oxygen atoms in total. The molecule has 1 fully saturated rings. The van der Waals surface area contributed by atoms with E-state index in [9.17, 15) is 0 Å². The summed E-state index contributed by atoms with van der Waals surface area (Å²) in [5.74, 6) is 3.12. The van der Waals surface area contributed by atoms with Gasteiger partial charge in [0.15, 0.2) is 0 Å². The highest BCUT2D eigenvalue weighted by atomic mass is 32.1. The van der Waals surface area contributed by atoms with Crippen LogP contribution in [0.2, 0.25) is 0 Å². The molecule has 0 saturated carbocycles. The minimum atomic E-state index is 0.120. The van der Waals surface area contributed by atoms with Crippen LogP contribution in [0.1, 0.15) is 55.9 Å². The SMILES string of the molecule is CC1CCc2c(sc3nc(CN4CCOCC4)nc(Oc4ccc(C(C)(C)C)cc4)c23)C1. The second-order valence-electron chi connectivity index (χ2n) is 10.2. The Balaban J connectivity index is 1.52. The summed E-state index contributed by atoms with van der Waals surface area (Å²) in [6.45, 7) is 13.2. The average molecular weight is 452 g/mol. The van der Waals surface area contributed by atoms with Crippen molar-refractivity contribution in [1.29, 1.82) is 0 Å². The Bertz CT molecular complexity index is 1090. The molecule has 5 rings (SSSR count). The Morgan fingerprint density at radius 1 is 1.12 bits per heavy atom. The van der Waals surface area contributed by atoms with Gasteiger partial charge in [0.05, 0.1) is 25.1 Å². The summed E-state index contributed by atoms with van der Waals surface area (Å²) in [5, 5.41) is 1.13. The van der Waals surface area contributed by atoms with Crippen molar-refractivity contribution in [2.75, 3.05) is 26.3 Å². The second kappa shape index (κ2) is 8.73. The van der Waals surface area contributed by atoms with Crippen LogP contribution in [0.15, 0.2) is 24.3 Å². The molecule has 32 heavy (non-hydrogen) atoms. The topological polar surface area (TPSA) is 47.5 Å². The van der Waals surface area contributed by atoms with Crippen LogP contribution in [-0.4, -0.2) is 41.2 Å². The molecule has 2 aromatic heterocycles. The molecule has 2 aliphatic rings. The number of aromatic nitrogens is 2. The number of aryl methyl sites for hydroxylation is 1. The molecule has 0 radical (unpaired) electrons. The number of hydrogen-bond acceptors (Lipinski definition) is 6. The lowest BCUT2D eigenvalue weighted by molar-refractivity contribution is 0.0330. The highest BCUT2D eigenvalue weighted by Gasteiger charge is 2.25. The van der Waals surface area contributed by atoms with Gasteiger partial charge in [0, 0.05) is 18.0 Å². The molecule has 3 aromatic rings. The highest BCUT2D eigenvalue weighted by Crippen LogP contribution is 2.42. The summed E-state index contributed by atoms with van der Waals surface area (Å²) >= 11 is 1.84. The molecule has 170 valence electrons. The van der Waals surface area contributed by atoms with Crippen molar-refractivity contribution < 1.29 is 9.47 Å². The Morgan fingerprint density at radius 2 is 1.88 bits per heavy atom. The molecule has 6 heteroatoms. The van der Waals surface area contributed by atoms with Crippen LogP contribution in [0.25, 0.3) is 10.2 Å². The number of nitrogens with zero attached hydrogens (tertiary/aromatic N) is 3. The Kier molecular flexibility index (Phi) is 5.95. The van der Waals surface area contributed by atoms with Crippen molar-refractivity contribution in [1.82, 2.24) is 14.9 Å². The molecule has 0 amide bonds. The van der Waals surface area contributed by atoms with E-state index in [1.807, 2.05) is 11.3 Å². The zero-order chi connectivity index (χ0) is 22.3. The van der Waals surface area contributed by atoms with Crippen molar-refractivity contribution in [2.45, 2.75) is 58.9 Å². The molecule has 1 aromatic carbocycles. The number of benzene rings is 1. The minimum Gasteiger partial charge on any atom is -0.438 e. The van der Waals surface area contributed by atoms with Crippen molar-refractivity contribution in [2.24, 2.45) is 5.92 Å². The van der Waals surface area contributed by atoms with E-state index < -0.39 is 0 Å². The van der Waals surface area contributed by atoms with Crippen LogP contribution in [0.5, 0.6) is 11.6 Å². The fourth-order valence-electron chi connectivity index (χ4n) is 4.59. The van der Waals surface area contributed by atoms with Crippen LogP contribution >= 0.6 is 11.3 Å². The van der Waals surface area contributed by atoms with E-state index in [-0.39, 0.29) is 5.41 Å². The first kappa shape index (κ1) is 21.8. The maximum absolute atomic E-state index is 6.45. The summed E-state index contributed by atoms with van der Waals surface area (Å²) in [7, 11) is 0. The number of fused-ring (bicyclic) bond motifs is 3. The standard InChI is InChI=1S/C26H33N3O2S/c1-17-5-10-20-21(15-17)32-25-23(20)24(27-22(28-25)16-29-11-13-30-14-12-29)31-19-8-6-18(7-9-19)26(2,3)4/h6-9,17H,5,10-16H2,1-4H3. The summed E-state index contributed by atoms with van der Waals surface area (Å²) in [4.78, 5) is 14.8. The predicted molar refractivity (Wildman–Crippen MR) is 130 cm³/mol. The first-order valence-electron chi connectivity index (χ1n) is 11.8. The number of rotatable bonds is 4. The van der Waals surface area contributed by atoms with Gasteiger partial charge in [0.1, 0.15) is 16.4 Å². The smallest absolute Gasteiger partial charge is 0.231 e. The zero-order valence-electron chi connectivity index (χ0n) is 19.6. The second-order valence-corrected chi connectivity index (χ2v) is 11.3. The Morgan fingerprint density at radius 3 is 2.59 bits per heavy atom.